The molecule has 1 aliphatic heterocycles. The van der Waals surface area contributed by atoms with Gasteiger partial charge < -0.3 is 9.80 Å². The van der Waals surface area contributed by atoms with Crippen LogP contribution in [-0.4, -0.2) is 47.2 Å². The van der Waals surface area contributed by atoms with Gasteiger partial charge in [-0.05, 0) is 12.1 Å². The molecule has 134 valence electrons. The fourth-order valence-corrected chi connectivity index (χ4v) is 3.43. The lowest BCUT2D eigenvalue weighted by Gasteiger charge is -2.34. The molecule has 0 spiro atoms. The molecule has 1 aromatic heterocycles. The molecular formula is C14H11ClF4N4OS. The molecule has 1 aliphatic rings. The molecule has 25 heavy (non-hydrogen) atoms. The monoisotopic (exact) mass is 394 g/mol. The third-order valence-corrected chi connectivity index (χ3v) is 5.01. The maximum Gasteiger partial charge on any atom is 0.445 e. The van der Waals surface area contributed by atoms with Gasteiger partial charge in [-0.2, -0.15) is 13.2 Å². The molecule has 0 bridgehead atoms. The van der Waals surface area contributed by atoms with Gasteiger partial charge in [0.15, 0.2) is 0 Å². The quantitative estimate of drug-likeness (QED) is 0.733. The van der Waals surface area contributed by atoms with E-state index in [2.05, 4.69) is 10.2 Å². The van der Waals surface area contributed by atoms with Gasteiger partial charge in [0.05, 0.1) is 10.6 Å². The first-order chi connectivity index (χ1) is 11.8. The standard InChI is InChI=1S/C14H11ClF4N4OS/c15-8-2-1-3-9(16)10(8)11(24)22-4-6-23(7-5-22)13-21-20-12(25-13)14(17,18)19/h1-3H,4-7H2. The summed E-state index contributed by atoms with van der Waals surface area (Å²) in [5.74, 6) is -1.25. The van der Waals surface area contributed by atoms with Crippen LogP contribution < -0.4 is 4.90 Å². The molecule has 5 nitrogen and oxygen atoms in total. The predicted molar refractivity (Wildman–Crippen MR) is 84.4 cm³/mol. The number of alkyl halides is 3. The lowest BCUT2D eigenvalue weighted by molar-refractivity contribution is -0.138. The first-order valence-electron chi connectivity index (χ1n) is 7.16. The number of rotatable bonds is 2. The van der Waals surface area contributed by atoms with E-state index in [1.165, 1.54) is 17.0 Å². The summed E-state index contributed by atoms with van der Waals surface area (Å²) in [6.45, 7) is 0.962. The number of aromatic nitrogens is 2. The van der Waals surface area contributed by atoms with Crippen LogP contribution in [0.4, 0.5) is 22.7 Å². The van der Waals surface area contributed by atoms with Crippen LogP contribution in [0, 0.1) is 5.82 Å². The Balaban J connectivity index is 1.68. The Morgan fingerprint density at radius 3 is 2.40 bits per heavy atom. The summed E-state index contributed by atoms with van der Waals surface area (Å²) < 4.78 is 51.6. The van der Waals surface area contributed by atoms with Crippen molar-refractivity contribution in [2.45, 2.75) is 6.18 Å². The number of carbonyl (C=O) groups excluding carboxylic acids is 1. The zero-order valence-corrected chi connectivity index (χ0v) is 14.1. The summed E-state index contributed by atoms with van der Waals surface area (Å²) in [5.41, 5.74) is -0.201. The van der Waals surface area contributed by atoms with Crippen molar-refractivity contribution in [1.29, 1.82) is 0 Å². The summed E-state index contributed by atoms with van der Waals surface area (Å²) in [6.07, 6.45) is -4.53. The first-order valence-corrected chi connectivity index (χ1v) is 8.36. The van der Waals surface area contributed by atoms with E-state index in [0.717, 1.165) is 6.07 Å². The minimum Gasteiger partial charge on any atom is -0.343 e. The lowest BCUT2D eigenvalue weighted by Crippen LogP contribution is -2.49. The highest BCUT2D eigenvalue weighted by Crippen LogP contribution is 2.34. The number of hydrogen-bond acceptors (Lipinski definition) is 5. The van der Waals surface area contributed by atoms with Crippen LogP contribution in [0.1, 0.15) is 15.4 Å². The number of amides is 1. The van der Waals surface area contributed by atoms with Crippen LogP contribution in [-0.2, 0) is 6.18 Å². The molecule has 0 N–H and O–H groups in total. The third-order valence-electron chi connectivity index (χ3n) is 3.67. The Morgan fingerprint density at radius 1 is 1.16 bits per heavy atom. The topological polar surface area (TPSA) is 49.3 Å². The number of piperazine rings is 1. The highest BCUT2D eigenvalue weighted by atomic mass is 35.5. The van der Waals surface area contributed by atoms with Gasteiger partial charge in [-0.15, -0.1) is 10.2 Å². The Hall–Kier alpha value is -1.94. The maximum atomic E-state index is 13.8. The highest BCUT2D eigenvalue weighted by molar-refractivity contribution is 7.15. The second-order valence-corrected chi connectivity index (χ2v) is 6.63. The SMILES string of the molecule is O=C(c1c(F)cccc1Cl)N1CCN(c2nnc(C(F)(F)F)s2)CC1. The van der Waals surface area contributed by atoms with E-state index in [0.29, 0.717) is 11.3 Å². The second-order valence-electron chi connectivity index (χ2n) is 5.26. The van der Waals surface area contributed by atoms with E-state index in [9.17, 15) is 22.4 Å². The molecule has 11 heteroatoms. The number of halogens is 5. The van der Waals surface area contributed by atoms with Crippen LogP contribution in [0.15, 0.2) is 18.2 Å². The number of nitrogens with zero attached hydrogens (tertiary/aromatic N) is 4. The molecule has 0 atom stereocenters. The molecule has 2 aromatic rings. The van der Waals surface area contributed by atoms with Crippen LogP contribution in [0.5, 0.6) is 0 Å². The first kappa shape index (κ1) is 17.9. The van der Waals surface area contributed by atoms with Gasteiger partial charge in [-0.25, -0.2) is 4.39 Å². The van der Waals surface area contributed by atoms with E-state index < -0.39 is 22.9 Å². The van der Waals surface area contributed by atoms with Crippen molar-refractivity contribution in [1.82, 2.24) is 15.1 Å². The van der Waals surface area contributed by atoms with E-state index in [1.807, 2.05) is 0 Å². The molecule has 0 saturated carbocycles. The molecule has 0 aliphatic carbocycles. The zero-order valence-electron chi connectivity index (χ0n) is 12.6. The van der Waals surface area contributed by atoms with Crippen molar-refractivity contribution in [2.75, 3.05) is 31.1 Å². The summed E-state index contributed by atoms with van der Waals surface area (Å²) in [5, 5.41) is 5.84. The minimum absolute atomic E-state index is 0.0198. The van der Waals surface area contributed by atoms with Gasteiger partial charge >= 0.3 is 6.18 Å². The Bertz CT molecular complexity index is 769. The predicted octanol–water partition coefficient (Wildman–Crippen LogP) is 3.31. The zero-order chi connectivity index (χ0) is 18.2. The number of hydrogen-bond donors (Lipinski definition) is 0. The number of benzene rings is 1. The van der Waals surface area contributed by atoms with Crippen molar-refractivity contribution >= 4 is 34.0 Å². The van der Waals surface area contributed by atoms with E-state index in [4.69, 9.17) is 11.6 Å². The van der Waals surface area contributed by atoms with Gasteiger partial charge in [0.1, 0.15) is 5.82 Å². The van der Waals surface area contributed by atoms with Crippen LogP contribution in [0.3, 0.4) is 0 Å². The van der Waals surface area contributed by atoms with E-state index in [1.54, 1.807) is 4.90 Å². The van der Waals surface area contributed by atoms with Crippen molar-refractivity contribution in [3.8, 4) is 0 Å². The Labute approximate surface area is 148 Å². The highest BCUT2D eigenvalue weighted by Gasteiger charge is 2.36. The smallest absolute Gasteiger partial charge is 0.343 e. The summed E-state index contributed by atoms with van der Waals surface area (Å²) >= 11 is 6.34. The van der Waals surface area contributed by atoms with Crippen molar-refractivity contribution < 1.29 is 22.4 Å². The van der Waals surface area contributed by atoms with Crippen LogP contribution >= 0.6 is 22.9 Å². The van der Waals surface area contributed by atoms with Gasteiger partial charge in [-0.1, -0.05) is 29.0 Å². The summed E-state index contributed by atoms with van der Waals surface area (Å²) in [6, 6.07) is 3.98. The van der Waals surface area contributed by atoms with Crippen molar-refractivity contribution in [3.63, 3.8) is 0 Å². The lowest BCUT2D eigenvalue weighted by atomic mass is 10.1. The second kappa shape index (κ2) is 6.75. The fourth-order valence-electron chi connectivity index (χ4n) is 2.42. The molecule has 0 radical (unpaired) electrons. The van der Waals surface area contributed by atoms with E-state index in [-0.39, 0.29) is 41.9 Å². The van der Waals surface area contributed by atoms with Crippen molar-refractivity contribution in [3.05, 3.63) is 39.6 Å². The summed E-state index contributed by atoms with van der Waals surface area (Å²) in [4.78, 5) is 15.4. The fraction of sp³-hybridized carbons (Fsp3) is 0.357. The molecule has 2 heterocycles. The number of anilines is 1. The van der Waals surface area contributed by atoms with Crippen LogP contribution in [0.2, 0.25) is 5.02 Å². The normalized spacial score (nSPS) is 15.6. The van der Waals surface area contributed by atoms with Gasteiger partial charge in [-0.3, -0.25) is 4.79 Å². The Morgan fingerprint density at radius 2 is 1.84 bits per heavy atom. The van der Waals surface area contributed by atoms with Gasteiger partial charge in [0, 0.05) is 26.2 Å². The third kappa shape index (κ3) is 3.69. The average Bonchev–Trinajstić information content (AvgIpc) is 3.05. The minimum atomic E-state index is -4.53. The molecule has 1 amide bonds. The number of carbonyl (C=O) groups is 1. The van der Waals surface area contributed by atoms with Gasteiger partial charge in [0.25, 0.3) is 5.91 Å². The molecule has 0 unspecified atom stereocenters. The molecule has 1 fully saturated rings. The molecule has 3 rings (SSSR count). The maximum absolute atomic E-state index is 13.8. The van der Waals surface area contributed by atoms with E-state index >= 15 is 0 Å². The average molecular weight is 395 g/mol. The largest absolute Gasteiger partial charge is 0.445 e. The van der Waals surface area contributed by atoms with Crippen molar-refractivity contribution in [2.24, 2.45) is 0 Å². The Kier molecular flexibility index (Phi) is 4.83. The summed E-state index contributed by atoms with van der Waals surface area (Å²) in [7, 11) is 0. The van der Waals surface area contributed by atoms with Gasteiger partial charge in [0.2, 0.25) is 10.1 Å². The molecule has 1 aromatic carbocycles. The molecular weight excluding hydrogens is 384 g/mol. The van der Waals surface area contributed by atoms with Crippen LogP contribution in [0.25, 0.3) is 0 Å². The molecule has 1 saturated heterocycles.